The predicted molar refractivity (Wildman–Crippen MR) is 113 cm³/mol. The van der Waals surface area contributed by atoms with E-state index in [0.29, 0.717) is 12.2 Å². The van der Waals surface area contributed by atoms with Crippen molar-refractivity contribution in [2.24, 2.45) is 0 Å². The molecule has 0 bridgehead atoms. The van der Waals surface area contributed by atoms with E-state index in [1.54, 1.807) is 42.5 Å². The first-order chi connectivity index (χ1) is 15.3. The molecule has 2 aromatic carbocycles. The summed E-state index contributed by atoms with van der Waals surface area (Å²) in [5, 5.41) is 9.72. The lowest BCUT2D eigenvalue weighted by Gasteiger charge is -2.17. The molecule has 0 aliphatic rings. The van der Waals surface area contributed by atoms with Crippen molar-refractivity contribution in [3.8, 4) is 22.9 Å². The van der Waals surface area contributed by atoms with Gasteiger partial charge in [0.1, 0.15) is 17.3 Å². The minimum Gasteiger partial charge on any atom is -0.507 e. The third kappa shape index (κ3) is 3.89. The molecule has 2 aromatic heterocycles. The monoisotopic (exact) mass is 441 g/mol. The molecular formula is C23H18F3N3O3. The molecular weight excluding hydrogens is 423 g/mol. The van der Waals surface area contributed by atoms with Gasteiger partial charge in [0.15, 0.2) is 5.69 Å². The number of ether oxygens (including phenoxy) is 1. The zero-order valence-electron chi connectivity index (χ0n) is 16.9. The number of hydrogen-bond acceptors (Lipinski definition) is 5. The number of nitrogens with zero attached hydrogens (tertiary/aromatic N) is 3. The zero-order chi connectivity index (χ0) is 22.9. The number of aromatic hydroxyl groups is 1. The van der Waals surface area contributed by atoms with Crippen molar-refractivity contribution in [1.82, 2.24) is 14.5 Å². The number of benzene rings is 2. The van der Waals surface area contributed by atoms with Gasteiger partial charge in [0.05, 0.1) is 23.6 Å². The molecule has 0 saturated heterocycles. The van der Waals surface area contributed by atoms with Crippen LogP contribution in [0.5, 0.6) is 11.5 Å². The molecule has 4 rings (SSSR count). The van der Waals surface area contributed by atoms with Crippen LogP contribution in [0, 0.1) is 0 Å². The van der Waals surface area contributed by atoms with E-state index in [-0.39, 0.29) is 29.2 Å². The smallest absolute Gasteiger partial charge is 0.434 e. The van der Waals surface area contributed by atoms with Crippen molar-refractivity contribution in [1.29, 1.82) is 0 Å². The number of aromatic nitrogens is 3. The molecule has 0 saturated carbocycles. The van der Waals surface area contributed by atoms with E-state index in [0.717, 1.165) is 16.3 Å². The summed E-state index contributed by atoms with van der Waals surface area (Å²) >= 11 is 0. The summed E-state index contributed by atoms with van der Waals surface area (Å²) in [7, 11) is 1.51. The molecule has 9 heteroatoms. The van der Waals surface area contributed by atoms with Gasteiger partial charge >= 0.3 is 6.18 Å². The third-order valence-electron chi connectivity index (χ3n) is 5.08. The van der Waals surface area contributed by atoms with Crippen LogP contribution < -0.4 is 10.3 Å². The van der Waals surface area contributed by atoms with Crippen LogP contribution in [0.4, 0.5) is 13.2 Å². The van der Waals surface area contributed by atoms with Gasteiger partial charge in [-0.25, -0.2) is 4.98 Å². The molecule has 6 nitrogen and oxygen atoms in total. The average molecular weight is 441 g/mol. The third-order valence-corrected chi connectivity index (χ3v) is 5.08. The summed E-state index contributed by atoms with van der Waals surface area (Å²) in [6.07, 6.45) is -3.57. The van der Waals surface area contributed by atoms with Gasteiger partial charge in [0.25, 0.3) is 5.56 Å². The molecule has 0 spiro atoms. The highest BCUT2D eigenvalue weighted by molar-refractivity contribution is 5.82. The van der Waals surface area contributed by atoms with Crippen LogP contribution in [0.3, 0.4) is 0 Å². The van der Waals surface area contributed by atoms with Crippen LogP contribution in [-0.2, 0) is 19.1 Å². The second-order valence-corrected chi connectivity index (χ2v) is 7.02. The lowest BCUT2D eigenvalue weighted by Crippen LogP contribution is -2.27. The number of alkyl halides is 3. The van der Waals surface area contributed by atoms with Crippen molar-refractivity contribution in [3.05, 3.63) is 82.4 Å². The normalized spacial score (nSPS) is 11.6. The van der Waals surface area contributed by atoms with Gasteiger partial charge in [-0.2, -0.15) is 13.2 Å². The topological polar surface area (TPSA) is 77.2 Å². The second kappa shape index (κ2) is 8.33. The second-order valence-electron chi connectivity index (χ2n) is 7.02. The Morgan fingerprint density at radius 3 is 2.50 bits per heavy atom. The lowest BCUT2D eigenvalue weighted by molar-refractivity contribution is -0.139. The molecule has 0 amide bonds. The molecule has 0 radical (unpaired) electrons. The van der Waals surface area contributed by atoms with E-state index in [2.05, 4.69) is 9.97 Å². The number of aryl methyl sites for hydroxylation is 1. The van der Waals surface area contributed by atoms with E-state index in [1.165, 1.54) is 19.2 Å². The van der Waals surface area contributed by atoms with Crippen LogP contribution in [0.15, 0.2) is 65.6 Å². The highest BCUT2D eigenvalue weighted by Gasteiger charge is 2.36. The van der Waals surface area contributed by atoms with Gasteiger partial charge in [0.2, 0.25) is 0 Å². The Morgan fingerprint density at radius 1 is 1.06 bits per heavy atom. The fraction of sp³-hybridized carbons (Fsp3) is 0.174. The first-order valence-corrected chi connectivity index (χ1v) is 9.68. The molecule has 0 atom stereocenters. The quantitative estimate of drug-likeness (QED) is 0.496. The maximum Gasteiger partial charge on any atom is 0.434 e. The van der Waals surface area contributed by atoms with Gasteiger partial charge in [-0.15, -0.1) is 0 Å². The predicted octanol–water partition coefficient (Wildman–Crippen LogP) is 4.43. The summed E-state index contributed by atoms with van der Waals surface area (Å²) in [6.45, 7) is 0.0119. The molecule has 0 aliphatic heterocycles. The number of methoxy groups -OCH3 is 1. The van der Waals surface area contributed by atoms with E-state index >= 15 is 0 Å². The minimum absolute atomic E-state index is 0.0119. The molecule has 2 heterocycles. The van der Waals surface area contributed by atoms with Gasteiger partial charge in [-0.05, 0) is 36.2 Å². The standard InChI is InChI=1S/C23H18F3N3O3/c1-32-18-9-5-2-6-14(18)11-13-29-21(15-7-3-4-8-17(15)30)28-16-10-12-27-20(23(24,25)26)19(16)22(29)31/h2-10,12,30H,11,13H2,1H3. The fourth-order valence-electron chi connectivity index (χ4n) is 3.59. The van der Waals surface area contributed by atoms with Crippen molar-refractivity contribution in [3.63, 3.8) is 0 Å². The Bertz CT molecular complexity index is 1350. The SMILES string of the molecule is COc1ccccc1CCn1c(-c2ccccc2O)nc2ccnc(C(F)(F)F)c2c1=O. The molecule has 4 aromatic rings. The summed E-state index contributed by atoms with van der Waals surface area (Å²) in [6, 6.07) is 14.6. The zero-order valence-corrected chi connectivity index (χ0v) is 16.9. The fourth-order valence-corrected chi connectivity index (χ4v) is 3.59. The summed E-state index contributed by atoms with van der Waals surface area (Å²) in [5.41, 5.74) is -1.32. The highest BCUT2D eigenvalue weighted by Crippen LogP contribution is 2.33. The van der Waals surface area contributed by atoms with Crippen molar-refractivity contribution in [2.75, 3.05) is 7.11 Å². The molecule has 0 unspecified atom stereocenters. The molecule has 0 aliphatic carbocycles. The minimum atomic E-state index is -4.82. The summed E-state index contributed by atoms with van der Waals surface area (Å²) in [5.74, 6) is 0.515. The molecule has 1 N–H and O–H groups in total. The van der Waals surface area contributed by atoms with Crippen LogP contribution in [0.2, 0.25) is 0 Å². The lowest BCUT2D eigenvalue weighted by atomic mass is 10.1. The number of rotatable bonds is 5. The average Bonchev–Trinajstić information content (AvgIpc) is 2.78. The van der Waals surface area contributed by atoms with Gasteiger partial charge < -0.3 is 9.84 Å². The maximum atomic E-state index is 13.6. The van der Waals surface area contributed by atoms with Crippen LogP contribution in [0.1, 0.15) is 11.3 Å². The number of para-hydroxylation sites is 2. The molecule has 0 fully saturated rings. The number of fused-ring (bicyclic) bond motifs is 1. The first kappa shape index (κ1) is 21.4. The number of hydrogen-bond donors (Lipinski definition) is 1. The first-order valence-electron chi connectivity index (χ1n) is 9.68. The number of pyridine rings is 1. The van der Waals surface area contributed by atoms with E-state index < -0.39 is 22.8 Å². The van der Waals surface area contributed by atoms with Gasteiger partial charge in [-0.3, -0.25) is 14.3 Å². The van der Waals surface area contributed by atoms with Crippen molar-refractivity contribution < 1.29 is 23.0 Å². The summed E-state index contributed by atoms with van der Waals surface area (Å²) in [4.78, 5) is 21.1. The Hall–Kier alpha value is -3.88. The number of halogens is 3. The van der Waals surface area contributed by atoms with Crippen LogP contribution >= 0.6 is 0 Å². The Labute approximate surface area is 180 Å². The molecule has 164 valence electrons. The van der Waals surface area contributed by atoms with Gasteiger partial charge in [0, 0.05) is 12.7 Å². The number of phenols is 1. The maximum absolute atomic E-state index is 13.6. The Morgan fingerprint density at radius 2 is 1.78 bits per heavy atom. The van der Waals surface area contributed by atoms with E-state index in [1.807, 2.05) is 0 Å². The summed E-state index contributed by atoms with van der Waals surface area (Å²) < 4.78 is 47.2. The van der Waals surface area contributed by atoms with Crippen LogP contribution in [0.25, 0.3) is 22.3 Å². The largest absolute Gasteiger partial charge is 0.507 e. The molecule has 32 heavy (non-hydrogen) atoms. The van der Waals surface area contributed by atoms with Crippen LogP contribution in [-0.4, -0.2) is 26.8 Å². The van der Waals surface area contributed by atoms with Crippen molar-refractivity contribution in [2.45, 2.75) is 19.1 Å². The van der Waals surface area contributed by atoms with Gasteiger partial charge in [-0.1, -0.05) is 30.3 Å². The highest BCUT2D eigenvalue weighted by atomic mass is 19.4. The van der Waals surface area contributed by atoms with E-state index in [4.69, 9.17) is 4.74 Å². The van der Waals surface area contributed by atoms with E-state index in [9.17, 15) is 23.1 Å². The Kier molecular flexibility index (Phi) is 5.56. The van der Waals surface area contributed by atoms with Crippen molar-refractivity contribution >= 4 is 10.9 Å². The Balaban J connectivity index is 1.95. The number of phenolic OH excluding ortho intramolecular Hbond substituents is 1.